The predicted molar refractivity (Wildman–Crippen MR) is 270 cm³/mol. The van der Waals surface area contributed by atoms with Crippen LogP contribution in [0, 0.1) is 5.92 Å². The third-order valence-corrected chi connectivity index (χ3v) is 13.9. The van der Waals surface area contributed by atoms with Gasteiger partial charge in [0.1, 0.15) is 0 Å². The van der Waals surface area contributed by atoms with E-state index in [1.165, 1.54) is 347 Å². The highest BCUT2D eigenvalue weighted by molar-refractivity contribution is 4.89. The van der Waals surface area contributed by atoms with Gasteiger partial charge in [0.2, 0.25) is 0 Å². The van der Waals surface area contributed by atoms with Crippen molar-refractivity contribution in [1.29, 1.82) is 0 Å². The molecule has 0 saturated carbocycles. The Kier molecular flexibility index (Phi) is 55.0. The second kappa shape index (κ2) is 55.0. The highest BCUT2D eigenvalue weighted by Crippen LogP contribution is 2.27. The zero-order valence-corrected chi connectivity index (χ0v) is 41.7. The van der Waals surface area contributed by atoms with E-state index in [1.54, 1.807) is 0 Å². The van der Waals surface area contributed by atoms with Crippen molar-refractivity contribution in [3.8, 4) is 0 Å². The highest BCUT2D eigenvalue weighted by Gasteiger charge is 2.10. The summed E-state index contributed by atoms with van der Waals surface area (Å²) in [5.74, 6) is 1.96. The molecule has 0 aromatic heterocycles. The molecule has 0 atom stereocenters. The fourth-order valence-electron chi connectivity index (χ4n) is 9.67. The minimum absolute atomic E-state index is 1.37. The molecule has 0 unspecified atom stereocenters. The minimum atomic E-state index is 1.37. The molecule has 0 spiro atoms. The van der Waals surface area contributed by atoms with Crippen molar-refractivity contribution in [3.05, 3.63) is 5.92 Å². The Bertz CT molecular complexity index is 625. The van der Waals surface area contributed by atoms with Gasteiger partial charge in [-0.1, -0.05) is 348 Å². The van der Waals surface area contributed by atoms with Crippen molar-refractivity contribution < 1.29 is 0 Å². The van der Waals surface area contributed by atoms with Crippen molar-refractivity contribution in [2.24, 2.45) is 0 Å². The summed E-state index contributed by atoms with van der Waals surface area (Å²) in [5.41, 5.74) is 0. The lowest BCUT2D eigenvalue weighted by Crippen LogP contribution is -1.99. The van der Waals surface area contributed by atoms with E-state index >= 15 is 0 Å². The van der Waals surface area contributed by atoms with Crippen LogP contribution in [0.15, 0.2) is 0 Å². The first-order valence-corrected chi connectivity index (χ1v) is 28.7. The van der Waals surface area contributed by atoms with Gasteiger partial charge in [0, 0.05) is 0 Å². The lowest BCUT2D eigenvalue weighted by atomic mass is 9.89. The average Bonchev–Trinajstić information content (AvgIpc) is 3.23. The third-order valence-electron chi connectivity index (χ3n) is 13.9. The molecule has 58 heavy (non-hydrogen) atoms. The molecule has 0 amide bonds. The van der Waals surface area contributed by atoms with E-state index in [4.69, 9.17) is 0 Å². The second-order valence-electron chi connectivity index (χ2n) is 20.0. The quantitative estimate of drug-likeness (QED) is 0.0537. The number of hydrogen-bond donors (Lipinski definition) is 0. The SMILES string of the molecule is CCCCCCCCCCCCCCCCCCCC[C](CCCCCCCCCCCCCCCCC)CCCCCCCCCCCCCCCCCCCC. The summed E-state index contributed by atoms with van der Waals surface area (Å²) in [6.07, 6.45) is 79.7. The first-order chi connectivity index (χ1) is 28.8. The summed E-state index contributed by atoms with van der Waals surface area (Å²) < 4.78 is 0. The van der Waals surface area contributed by atoms with E-state index in [0.29, 0.717) is 0 Å². The second-order valence-corrected chi connectivity index (χ2v) is 20.0. The van der Waals surface area contributed by atoms with E-state index in [2.05, 4.69) is 20.8 Å². The molecule has 0 aliphatic carbocycles. The van der Waals surface area contributed by atoms with Gasteiger partial charge < -0.3 is 0 Å². The Morgan fingerprint density at radius 2 is 0.241 bits per heavy atom. The van der Waals surface area contributed by atoms with Crippen molar-refractivity contribution in [3.63, 3.8) is 0 Å². The zero-order chi connectivity index (χ0) is 41.8. The van der Waals surface area contributed by atoms with Crippen molar-refractivity contribution >= 4 is 0 Å². The summed E-state index contributed by atoms with van der Waals surface area (Å²) in [6.45, 7) is 6.96. The maximum atomic E-state index is 2.32. The number of rotatable bonds is 54. The summed E-state index contributed by atoms with van der Waals surface area (Å²) in [5, 5.41) is 0. The highest BCUT2D eigenvalue weighted by atomic mass is 14.2. The fraction of sp³-hybridized carbons (Fsp3) is 0.983. The molecule has 0 heteroatoms. The molecule has 0 aromatic rings. The van der Waals surface area contributed by atoms with E-state index in [9.17, 15) is 0 Å². The van der Waals surface area contributed by atoms with Crippen molar-refractivity contribution in [2.45, 2.75) is 367 Å². The molecule has 0 aromatic carbocycles. The minimum Gasteiger partial charge on any atom is -0.0654 e. The Morgan fingerprint density at radius 1 is 0.138 bits per heavy atom. The first kappa shape index (κ1) is 58.0. The van der Waals surface area contributed by atoms with Gasteiger partial charge in [-0.3, -0.25) is 0 Å². The number of hydrogen-bond acceptors (Lipinski definition) is 0. The van der Waals surface area contributed by atoms with Crippen LogP contribution in [0.1, 0.15) is 367 Å². The van der Waals surface area contributed by atoms with Crippen LogP contribution in [0.3, 0.4) is 0 Å². The summed E-state index contributed by atoms with van der Waals surface area (Å²) in [4.78, 5) is 0. The molecule has 0 saturated heterocycles. The van der Waals surface area contributed by atoms with E-state index in [-0.39, 0.29) is 0 Å². The van der Waals surface area contributed by atoms with Crippen LogP contribution in [0.2, 0.25) is 0 Å². The smallest absolute Gasteiger partial charge is 0.0241 e. The van der Waals surface area contributed by atoms with Gasteiger partial charge in [-0.2, -0.15) is 0 Å². The van der Waals surface area contributed by atoms with Crippen LogP contribution in [0.4, 0.5) is 0 Å². The standard InChI is InChI=1S/C58H117/c1-4-7-10-13-16-19-22-25-28-30-32-35-38-41-44-47-50-53-56-58(55-52-49-46-43-40-37-34-27-24-21-18-15-12-9-6-3)57-54-51-48-45-42-39-36-33-31-29-26-23-20-17-14-11-8-5-2/h4-57H2,1-3H3. The third kappa shape index (κ3) is 52.1. The molecule has 1 radical (unpaired) electrons. The molecule has 0 rings (SSSR count). The van der Waals surface area contributed by atoms with Crippen LogP contribution < -0.4 is 0 Å². The zero-order valence-electron chi connectivity index (χ0n) is 41.7. The van der Waals surface area contributed by atoms with Gasteiger partial charge in [0.15, 0.2) is 0 Å². The molecule has 0 fully saturated rings. The Morgan fingerprint density at radius 3 is 0.362 bits per heavy atom. The summed E-state index contributed by atoms with van der Waals surface area (Å²) in [6, 6.07) is 0. The molecular weight excluding hydrogens is 697 g/mol. The Balaban J connectivity index is 3.94. The lowest BCUT2D eigenvalue weighted by Gasteiger charge is -2.16. The molecule has 349 valence electrons. The van der Waals surface area contributed by atoms with Crippen LogP contribution in [0.25, 0.3) is 0 Å². The van der Waals surface area contributed by atoms with Crippen LogP contribution in [-0.2, 0) is 0 Å². The topological polar surface area (TPSA) is 0 Å². The van der Waals surface area contributed by atoms with Crippen LogP contribution >= 0.6 is 0 Å². The molecular formula is C58H117. The Labute approximate surface area is 372 Å². The van der Waals surface area contributed by atoms with E-state index in [0.717, 1.165) is 0 Å². The predicted octanol–water partition coefficient (Wildman–Crippen LogP) is 22.7. The van der Waals surface area contributed by atoms with Crippen LogP contribution in [0.5, 0.6) is 0 Å². The normalized spacial score (nSPS) is 11.8. The van der Waals surface area contributed by atoms with Gasteiger partial charge >= 0.3 is 0 Å². The average molecular weight is 815 g/mol. The molecule has 0 N–H and O–H groups in total. The summed E-state index contributed by atoms with van der Waals surface area (Å²) >= 11 is 0. The van der Waals surface area contributed by atoms with Crippen molar-refractivity contribution in [1.82, 2.24) is 0 Å². The van der Waals surface area contributed by atoms with Gasteiger partial charge in [-0.15, -0.1) is 0 Å². The first-order valence-electron chi connectivity index (χ1n) is 28.7. The molecule has 0 bridgehead atoms. The van der Waals surface area contributed by atoms with E-state index in [1.807, 2.05) is 5.92 Å². The maximum absolute atomic E-state index is 2.32. The lowest BCUT2D eigenvalue weighted by molar-refractivity contribution is 0.498. The Hall–Kier alpha value is 0. The monoisotopic (exact) mass is 814 g/mol. The summed E-state index contributed by atoms with van der Waals surface area (Å²) in [7, 11) is 0. The number of unbranched alkanes of at least 4 members (excludes halogenated alkanes) is 48. The molecule has 0 heterocycles. The fourth-order valence-corrected chi connectivity index (χ4v) is 9.67. The molecule has 0 nitrogen and oxygen atoms in total. The largest absolute Gasteiger partial charge is 0.0654 e. The maximum Gasteiger partial charge on any atom is -0.0241 e. The van der Waals surface area contributed by atoms with Gasteiger partial charge in [0.05, 0.1) is 0 Å². The molecule has 0 aliphatic rings. The van der Waals surface area contributed by atoms with Crippen molar-refractivity contribution in [2.75, 3.05) is 0 Å². The van der Waals surface area contributed by atoms with Crippen LogP contribution in [-0.4, -0.2) is 0 Å². The van der Waals surface area contributed by atoms with E-state index < -0.39 is 0 Å². The van der Waals surface area contributed by atoms with Gasteiger partial charge in [-0.25, -0.2) is 0 Å². The molecule has 0 aliphatic heterocycles. The van der Waals surface area contributed by atoms with Gasteiger partial charge in [-0.05, 0) is 25.2 Å². The van der Waals surface area contributed by atoms with Gasteiger partial charge in [0.25, 0.3) is 0 Å².